The topological polar surface area (TPSA) is 89.8 Å². The molecule has 36 heavy (non-hydrogen) atoms. The van der Waals surface area contributed by atoms with Crippen LogP contribution in [0.4, 0.5) is 0 Å². The third-order valence-electron chi connectivity index (χ3n) is 6.46. The van der Waals surface area contributed by atoms with E-state index in [1.54, 1.807) is 18.3 Å². The molecule has 0 saturated carbocycles. The molecule has 0 spiro atoms. The van der Waals surface area contributed by atoms with Crippen molar-refractivity contribution in [3.8, 4) is 17.2 Å². The first-order chi connectivity index (χ1) is 17.4. The van der Waals surface area contributed by atoms with Gasteiger partial charge in [-0.2, -0.15) is 4.31 Å². The monoisotopic (exact) mass is 507 g/mol. The Morgan fingerprint density at radius 2 is 1.69 bits per heavy atom. The number of ether oxygens (including phenoxy) is 2. The maximum atomic E-state index is 13.4. The number of hydrogen-bond acceptors (Lipinski definition) is 7. The molecule has 9 nitrogen and oxygen atoms in total. The predicted molar refractivity (Wildman–Crippen MR) is 137 cm³/mol. The Morgan fingerprint density at radius 3 is 2.39 bits per heavy atom. The number of fused-ring (bicyclic) bond motifs is 1. The number of aryl methyl sites for hydroxylation is 1. The number of pyridine rings is 1. The Bertz CT molecular complexity index is 1480. The maximum Gasteiger partial charge on any atom is 0.246 e. The zero-order valence-corrected chi connectivity index (χ0v) is 21.4. The third kappa shape index (κ3) is 4.55. The van der Waals surface area contributed by atoms with Crippen molar-refractivity contribution in [1.82, 2.24) is 23.7 Å². The molecule has 1 aliphatic heterocycles. The molecule has 3 heterocycles. The summed E-state index contributed by atoms with van der Waals surface area (Å²) in [5.74, 6) is 1.65. The number of piperazine rings is 1. The Labute approximate surface area is 211 Å². The van der Waals surface area contributed by atoms with Gasteiger partial charge < -0.3 is 9.47 Å². The number of aromatic nitrogens is 3. The van der Waals surface area contributed by atoms with Crippen LogP contribution in [0.25, 0.3) is 16.9 Å². The van der Waals surface area contributed by atoms with Crippen LogP contribution in [-0.4, -0.2) is 72.6 Å². The highest BCUT2D eigenvalue weighted by molar-refractivity contribution is 7.89. The first kappa shape index (κ1) is 24.2. The van der Waals surface area contributed by atoms with Crippen molar-refractivity contribution < 1.29 is 17.9 Å². The van der Waals surface area contributed by atoms with Crippen LogP contribution in [0.5, 0.6) is 11.5 Å². The zero-order chi connectivity index (χ0) is 25.3. The summed E-state index contributed by atoms with van der Waals surface area (Å²) in [4.78, 5) is 11.8. The van der Waals surface area contributed by atoms with Gasteiger partial charge in [-0.15, -0.1) is 0 Å². The highest BCUT2D eigenvalue weighted by Crippen LogP contribution is 2.31. The van der Waals surface area contributed by atoms with Crippen molar-refractivity contribution in [2.75, 3.05) is 40.4 Å². The molecule has 0 radical (unpaired) electrons. The quantitative estimate of drug-likeness (QED) is 0.379. The lowest BCUT2D eigenvalue weighted by atomic mass is 10.2. The fourth-order valence-corrected chi connectivity index (χ4v) is 6.08. The van der Waals surface area contributed by atoms with E-state index in [2.05, 4.69) is 45.6 Å². The van der Waals surface area contributed by atoms with E-state index in [0.717, 1.165) is 22.7 Å². The van der Waals surface area contributed by atoms with Crippen LogP contribution in [0.1, 0.15) is 11.4 Å². The van der Waals surface area contributed by atoms with Crippen LogP contribution < -0.4 is 9.47 Å². The second kappa shape index (κ2) is 9.88. The van der Waals surface area contributed by atoms with Crippen molar-refractivity contribution in [3.63, 3.8) is 0 Å². The number of hydrogen-bond donors (Lipinski definition) is 0. The van der Waals surface area contributed by atoms with Gasteiger partial charge in [-0.25, -0.2) is 18.4 Å². The van der Waals surface area contributed by atoms with Crippen molar-refractivity contribution in [2.24, 2.45) is 0 Å². The molecule has 2 aromatic heterocycles. The molecule has 0 amide bonds. The summed E-state index contributed by atoms with van der Waals surface area (Å²) >= 11 is 0. The van der Waals surface area contributed by atoms with Crippen LogP contribution >= 0.6 is 0 Å². The molecule has 5 rings (SSSR count). The Balaban J connectivity index is 1.37. The smallest absolute Gasteiger partial charge is 0.246 e. The molecule has 0 unspecified atom stereocenters. The van der Waals surface area contributed by atoms with Gasteiger partial charge in [-0.1, -0.05) is 17.7 Å². The molecule has 0 bridgehead atoms. The van der Waals surface area contributed by atoms with Gasteiger partial charge in [0.1, 0.15) is 27.7 Å². The third-order valence-corrected chi connectivity index (χ3v) is 8.38. The minimum atomic E-state index is -3.74. The van der Waals surface area contributed by atoms with E-state index < -0.39 is 10.0 Å². The highest BCUT2D eigenvalue weighted by Gasteiger charge is 2.32. The lowest BCUT2D eigenvalue weighted by Crippen LogP contribution is -2.48. The van der Waals surface area contributed by atoms with E-state index in [-0.39, 0.29) is 4.90 Å². The zero-order valence-electron chi connectivity index (χ0n) is 20.6. The molecular weight excluding hydrogens is 478 g/mol. The number of rotatable bonds is 7. The normalized spacial score (nSPS) is 15.3. The summed E-state index contributed by atoms with van der Waals surface area (Å²) < 4.78 is 41.0. The standard InChI is InChI=1S/C26H29N5O4S/c1-19-6-8-20(9-7-19)31-25(28-22-5-4-12-27-26(22)31)18-29-13-15-30(16-14-29)36(32,33)24-17-21(34-2)10-11-23(24)35-3/h4-12,17H,13-16,18H2,1-3H3. The van der Waals surface area contributed by atoms with Crippen LogP contribution in [0, 0.1) is 6.92 Å². The summed E-state index contributed by atoms with van der Waals surface area (Å²) in [6.07, 6.45) is 1.77. The van der Waals surface area contributed by atoms with Gasteiger partial charge in [-0.05, 0) is 43.3 Å². The summed E-state index contributed by atoms with van der Waals surface area (Å²) in [5, 5.41) is 0. The van der Waals surface area contributed by atoms with E-state index in [1.165, 1.54) is 30.2 Å². The first-order valence-electron chi connectivity index (χ1n) is 11.7. The molecule has 1 fully saturated rings. The number of nitrogens with zero attached hydrogens (tertiary/aromatic N) is 5. The molecule has 10 heteroatoms. The van der Waals surface area contributed by atoms with E-state index in [0.29, 0.717) is 44.2 Å². The fourth-order valence-electron chi connectivity index (χ4n) is 4.48. The molecule has 0 atom stereocenters. The van der Waals surface area contributed by atoms with Crippen LogP contribution in [-0.2, 0) is 16.6 Å². The van der Waals surface area contributed by atoms with Crippen LogP contribution in [0.2, 0.25) is 0 Å². The van der Waals surface area contributed by atoms with Crippen LogP contribution in [0.15, 0.2) is 65.7 Å². The van der Waals surface area contributed by atoms with Gasteiger partial charge in [0, 0.05) is 44.1 Å². The summed E-state index contributed by atoms with van der Waals surface area (Å²) in [5.41, 5.74) is 3.83. The van der Waals surface area contributed by atoms with Crippen molar-refractivity contribution in [3.05, 3.63) is 72.2 Å². The van der Waals surface area contributed by atoms with E-state index in [4.69, 9.17) is 14.5 Å². The van der Waals surface area contributed by atoms with Crippen molar-refractivity contribution in [1.29, 1.82) is 0 Å². The average molecular weight is 508 g/mol. The number of benzene rings is 2. The SMILES string of the molecule is COc1ccc(OC)c(S(=O)(=O)N2CCN(Cc3nc4cccnc4n3-c3ccc(C)cc3)CC2)c1. The van der Waals surface area contributed by atoms with Gasteiger partial charge in [0.25, 0.3) is 0 Å². The minimum Gasteiger partial charge on any atom is -0.497 e. The lowest BCUT2D eigenvalue weighted by molar-refractivity contribution is 0.177. The minimum absolute atomic E-state index is 0.116. The molecular formula is C26H29N5O4S. The van der Waals surface area contributed by atoms with E-state index >= 15 is 0 Å². The average Bonchev–Trinajstić information content (AvgIpc) is 3.26. The number of imidazole rings is 1. The second-order valence-electron chi connectivity index (χ2n) is 8.74. The molecule has 1 saturated heterocycles. The van der Waals surface area contributed by atoms with Crippen molar-refractivity contribution in [2.45, 2.75) is 18.4 Å². The Kier molecular flexibility index (Phi) is 6.65. The molecule has 0 N–H and O–H groups in total. The lowest BCUT2D eigenvalue weighted by Gasteiger charge is -2.34. The summed E-state index contributed by atoms with van der Waals surface area (Å²) in [7, 11) is -0.762. The Morgan fingerprint density at radius 1 is 0.944 bits per heavy atom. The van der Waals surface area contributed by atoms with Gasteiger partial charge in [0.15, 0.2) is 5.65 Å². The van der Waals surface area contributed by atoms with Gasteiger partial charge in [0.05, 0.1) is 20.8 Å². The van der Waals surface area contributed by atoms with Crippen LogP contribution in [0.3, 0.4) is 0 Å². The van der Waals surface area contributed by atoms with Gasteiger partial charge >= 0.3 is 0 Å². The fraction of sp³-hybridized carbons (Fsp3) is 0.308. The highest BCUT2D eigenvalue weighted by atomic mass is 32.2. The molecule has 1 aliphatic rings. The summed E-state index contributed by atoms with van der Waals surface area (Å²) in [6, 6.07) is 16.9. The van der Waals surface area contributed by atoms with Gasteiger partial charge in [0.2, 0.25) is 10.0 Å². The molecule has 4 aromatic rings. The number of methoxy groups -OCH3 is 2. The molecule has 2 aromatic carbocycles. The second-order valence-corrected chi connectivity index (χ2v) is 10.6. The maximum absolute atomic E-state index is 13.4. The van der Waals surface area contributed by atoms with E-state index in [1.807, 2.05) is 12.1 Å². The van der Waals surface area contributed by atoms with Crippen molar-refractivity contribution >= 4 is 21.2 Å². The number of sulfonamides is 1. The largest absolute Gasteiger partial charge is 0.497 e. The first-order valence-corrected chi connectivity index (χ1v) is 13.2. The van der Waals surface area contributed by atoms with E-state index in [9.17, 15) is 8.42 Å². The molecule has 188 valence electrons. The molecule has 0 aliphatic carbocycles. The Hall–Kier alpha value is -3.47. The summed E-state index contributed by atoms with van der Waals surface area (Å²) in [6.45, 7) is 4.54. The predicted octanol–water partition coefficient (Wildman–Crippen LogP) is 3.25. The van der Waals surface area contributed by atoms with Gasteiger partial charge in [-0.3, -0.25) is 9.47 Å².